The zero-order chi connectivity index (χ0) is 12.3. The van der Waals surface area contributed by atoms with Crippen LogP contribution in [0.25, 0.3) is 0 Å². The van der Waals surface area contributed by atoms with Gasteiger partial charge >= 0.3 is 0 Å². The van der Waals surface area contributed by atoms with Crippen molar-refractivity contribution in [2.45, 2.75) is 51.7 Å². The van der Waals surface area contributed by atoms with Crippen LogP contribution in [0.5, 0.6) is 0 Å². The number of primary amides is 1. The normalized spacial score (nSPS) is 34.4. The Balaban J connectivity index is 2.36. The van der Waals surface area contributed by atoms with Gasteiger partial charge in [-0.15, -0.1) is 0 Å². The second-order valence-electron chi connectivity index (χ2n) is 5.48. The summed E-state index contributed by atoms with van der Waals surface area (Å²) in [7, 11) is 0. The lowest BCUT2D eigenvalue weighted by Crippen LogP contribution is -2.53. The summed E-state index contributed by atoms with van der Waals surface area (Å²) in [6.45, 7) is 6.35. The van der Waals surface area contributed by atoms with Crippen molar-refractivity contribution in [1.82, 2.24) is 0 Å². The third-order valence-corrected chi connectivity index (χ3v) is 3.73. The van der Waals surface area contributed by atoms with E-state index < -0.39 is 11.4 Å². The van der Waals surface area contributed by atoms with E-state index in [9.17, 15) is 4.79 Å². The first kappa shape index (κ1) is 13.5. The number of hydrogen-bond donors (Lipinski definition) is 2. The van der Waals surface area contributed by atoms with Crippen LogP contribution < -0.4 is 11.5 Å². The van der Waals surface area contributed by atoms with Crippen molar-refractivity contribution in [3.63, 3.8) is 0 Å². The van der Waals surface area contributed by atoms with Gasteiger partial charge in [0.25, 0.3) is 0 Å². The van der Waals surface area contributed by atoms with Gasteiger partial charge in [0.05, 0.1) is 12.7 Å². The summed E-state index contributed by atoms with van der Waals surface area (Å²) in [6, 6.07) is 0. The number of nitrogens with two attached hydrogens (primary N) is 2. The lowest BCUT2D eigenvalue weighted by molar-refractivity contribution is -0.126. The molecule has 0 saturated heterocycles. The Labute approximate surface area is 97.7 Å². The molecule has 1 aliphatic rings. The Morgan fingerprint density at radius 2 is 2.00 bits per heavy atom. The van der Waals surface area contributed by atoms with E-state index in [1.54, 1.807) is 6.92 Å². The molecule has 1 rings (SSSR count). The van der Waals surface area contributed by atoms with Crippen LogP contribution in [-0.2, 0) is 9.53 Å². The molecule has 4 unspecified atom stereocenters. The van der Waals surface area contributed by atoms with Gasteiger partial charge in [-0.2, -0.15) is 0 Å². The Kier molecular flexibility index (Phi) is 4.33. The summed E-state index contributed by atoms with van der Waals surface area (Å²) in [5, 5.41) is 0. The summed E-state index contributed by atoms with van der Waals surface area (Å²) in [4.78, 5) is 11.0. The van der Waals surface area contributed by atoms with E-state index in [2.05, 4.69) is 13.8 Å². The molecule has 0 aromatic rings. The summed E-state index contributed by atoms with van der Waals surface area (Å²) < 4.78 is 5.70. The fourth-order valence-electron chi connectivity index (χ4n) is 2.01. The van der Waals surface area contributed by atoms with E-state index >= 15 is 0 Å². The van der Waals surface area contributed by atoms with Crippen molar-refractivity contribution in [3.8, 4) is 0 Å². The molecule has 4 nitrogen and oxygen atoms in total. The smallest absolute Gasteiger partial charge is 0.239 e. The lowest BCUT2D eigenvalue weighted by atomic mass is 9.80. The summed E-state index contributed by atoms with van der Waals surface area (Å²) in [6.07, 6.45) is 3.52. The van der Waals surface area contributed by atoms with Crippen LogP contribution in [0.2, 0.25) is 0 Å². The number of carbonyl (C=O) groups is 1. The molecule has 0 aromatic carbocycles. The highest BCUT2D eigenvalue weighted by Gasteiger charge is 2.30. The lowest BCUT2D eigenvalue weighted by Gasteiger charge is -2.33. The third-order valence-electron chi connectivity index (χ3n) is 3.73. The van der Waals surface area contributed by atoms with Crippen molar-refractivity contribution < 1.29 is 9.53 Å². The fraction of sp³-hybridized carbons (Fsp3) is 0.917. The first-order valence-corrected chi connectivity index (χ1v) is 6.03. The van der Waals surface area contributed by atoms with Crippen LogP contribution in [0.1, 0.15) is 40.0 Å². The maximum absolute atomic E-state index is 11.0. The van der Waals surface area contributed by atoms with Crippen LogP contribution in [-0.4, -0.2) is 24.2 Å². The summed E-state index contributed by atoms with van der Waals surface area (Å²) in [5.41, 5.74) is 9.88. The highest BCUT2D eigenvalue weighted by atomic mass is 16.5. The van der Waals surface area contributed by atoms with Gasteiger partial charge in [-0.25, -0.2) is 0 Å². The fourth-order valence-corrected chi connectivity index (χ4v) is 2.01. The minimum atomic E-state index is -1.05. The van der Waals surface area contributed by atoms with Crippen molar-refractivity contribution in [3.05, 3.63) is 0 Å². The molecule has 0 radical (unpaired) electrons. The molecule has 0 bridgehead atoms. The molecule has 1 saturated carbocycles. The van der Waals surface area contributed by atoms with E-state index in [1.165, 1.54) is 6.42 Å². The molecular formula is C12H24N2O2. The molecule has 0 spiro atoms. The second kappa shape index (κ2) is 5.15. The molecule has 1 fully saturated rings. The maximum atomic E-state index is 11.0. The minimum Gasteiger partial charge on any atom is -0.376 e. The zero-order valence-corrected chi connectivity index (χ0v) is 10.5. The molecule has 0 aromatic heterocycles. The largest absolute Gasteiger partial charge is 0.376 e. The molecule has 94 valence electrons. The average Bonchev–Trinajstić information content (AvgIpc) is 2.20. The molecule has 1 amide bonds. The summed E-state index contributed by atoms with van der Waals surface area (Å²) >= 11 is 0. The monoisotopic (exact) mass is 228 g/mol. The minimum absolute atomic E-state index is 0.216. The van der Waals surface area contributed by atoms with Gasteiger partial charge in [0.2, 0.25) is 5.91 Å². The van der Waals surface area contributed by atoms with Crippen LogP contribution >= 0.6 is 0 Å². The standard InChI is InChI=1S/C12H24N2O2/c1-8-4-5-10(6-9(8)2)16-7-12(3,14)11(13)15/h8-10H,4-7,14H2,1-3H3,(H2,13,15). The number of hydrogen-bond acceptors (Lipinski definition) is 3. The van der Waals surface area contributed by atoms with Gasteiger partial charge in [-0.05, 0) is 38.0 Å². The molecule has 1 aliphatic carbocycles. The van der Waals surface area contributed by atoms with Gasteiger partial charge in [-0.1, -0.05) is 13.8 Å². The Hall–Kier alpha value is -0.610. The molecule has 0 heterocycles. The molecule has 0 aliphatic heterocycles. The van der Waals surface area contributed by atoms with Gasteiger partial charge in [0, 0.05) is 0 Å². The highest BCUT2D eigenvalue weighted by molar-refractivity contribution is 5.83. The molecule has 4 heteroatoms. The van der Waals surface area contributed by atoms with E-state index in [0.717, 1.165) is 18.8 Å². The van der Waals surface area contributed by atoms with Crippen molar-refractivity contribution in [1.29, 1.82) is 0 Å². The van der Waals surface area contributed by atoms with E-state index in [-0.39, 0.29) is 12.7 Å². The van der Waals surface area contributed by atoms with Crippen LogP contribution in [0.15, 0.2) is 0 Å². The Morgan fingerprint density at radius 3 is 2.50 bits per heavy atom. The first-order chi connectivity index (χ1) is 7.33. The van der Waals surface area contributed by atoms with Gasteiger partial charge in [0.1, 0.15) is 5.54 Å². The average molecular weight is 228 g/mol. The van der Waals surface area contributed by atoms with E-state index in [4.69, 9.17) is 16.2 Å². The van der Waals surface area contributed by atoms with Crippen molar-refractivity contribution >= 4 is 5.91 Å². The third kappa shape index (κ3) is 3.46. The Bertz CT molecular complexity index is 253. The predicted molar refractivity (Wildman–Crippen MR) is 63.7 cm³/mol. The number of carbonyl (C=O) groups excluding carboxylic acids is 1. The number of amides is 1. The van der Waals surface area contributed by atoms with Crippen molar-refractivity contribution in [2.24, 2.45) is 23.3 Å². The summed E-state index contributed by atoms with van der Waals surface area (Å²) in [5.74, 6) is 0.932. The maximum Gasteiger partial charge on any atom is 0.239 e. The van der Waals surface area contributed by atoms with Crippen molar-refractivity contribution in [2.75, 3.05) is 6.61 Å². The molecular weight excluding hydrogens is 204 g/mol. The number of rotatable bonds is 4. The second-order valence-corrected chi connectivity index (χ2v) is 5.48. The highest BCUT2D eigenvalue weighted by Crippen LogP contribution is 2.31. The predicted octanol–water partition coefficient (Wildman–Crippen LogP) is 1.03. The van der Waals surface area contributed by atoms with E-state index in [0.29, 0.717) is 5.92 Å². The number of ether oxygens (including phenoxy) is 1. The topological polar surface area (TPSA) is 78.3 Å². The molecule has 4 atom stereocenters. The van der Waals surface area contributed by atoms with Gasteiger partial charge < -0.3 is 16.2 Å². The Morgan fingerprint density at radius 1 is 1.38 bits per heavy atom. The zero-order valence-electron chi connectivity index (χ0n) is 10.5. The molecule has 16 heavy (non-hydrogen) atoms. The quantitative estimate of drug-likeness (QED) is 0.754. The molecule has 4 N–H and O–H groups in total. The SMILES string of the molecule is CC1CCC(OCC(C)(N)C(N)=O)CC1C. The van der Waals surface area contributed by atoms with E-state index in [1.807, 2.05) is 0 Å². The van der Waals surface area contributed by atoms with Crippen LogP contribution in [0, 0.1) is 11.8 Å². The first-order valence-electron chi connectivity index (χ1n) is 6.03. The van der Waals surface area contributed by atoms with Crippen LogP contribution in [0.4, 0.5) is 0 Å². The van der Waals surface area contributed by atoms with Gasteiger partial charge in [0.15, 0.2) is 0 Å². The van der Waals surface area contributed by atoms with Crippen LogP contribution in [0.3, 0.4) is 0 Å². The van der Waals surface area contributed by atoms with Gasteiger partial charge in [-0.3, -0.25) is 4.79 Å².